The van der Waals surface area contributed by atoms with E-state index >= 15 is 0 Å². The van der Waals surface area contributed by atoms with Crippen molar-refractivity contribution in [2.24, 2.45) is 0 Å². The molecule has 0 bridgehead atoms. The molecular formula is C17H20N6O4S. The molecule has 0 saturated heterocycles. The Morgan fingerprint density at radius 2 is 1.96 bits per heavy atom. The number of pyridine rings is 1. The van der Waals surface area contributed by atoms with Gasteiger partial charge in [0.15, 0.2) is 0 Å². The van der Waals surface area contributed by atoms with Gasteiger partial charge in [0, 0.05) is 12.1 Å². The molecule has 148 valence electrons. The number of nitrogens with zero attached hydrogens (tertiary/aromatic N) is 5. The average molecular weight is 404 g/mol. The molecule has 0 fully saturated rings. The van der Waals surface area contributed by atoms with Crippen molar-refractivity contribution >= 4 is 10.0 Å². The van der Waals surface area contributed by atoms with Gasteiger partial charge in [-0.3, -0.25) is 4.98 Å². The van der Waals surface area contributed by atoms with Gasteiger partial charge in [-0.2, -0.15) is 4.80 Å². The fourth-order valence-electron chi connectivity index (χ4n) is 2.29. The number of rotatable bonds is 8. The van der Waals surface area contributed by atoms with E-state index in [1.807, 2.05) is 6.07 Å². The molecule has 2 heterocycles. The molecule has 1 aromatic carbocycles. The van der Waals surface area contributed by atoms with Crippen LogP contribution in [0.1, 0.15) is 12.6 Å². The average Bonchev–Trinajstić information content (AvgIpc) is 3.16. The molecule has 1 atom stereocenters. The van der Waals surface area contributed by atoms with E-state index in [0.717, 1.165) is 5.69 Å². The van der Waals surface area contributed by atoms with Crippen molar-refractivity contribution in [2.45, 2.75) is 24.5 Å². The number of hydrogen-bond donors (Lipinski definition) is 2. The Bertz CT molecular complexity index is 1020. The van der Waals surface area contributed by atoms with E-state index in [1.165, 1.54) is 23.9 Å². The first kappa shape index (κ1) is 19.9. The molecule has 0 aliphatic heterocycles. The second-order valence-corrected chi connectivity index (χ2v) is 7.83. The van der Waals surface area contributed by atoms with E-state index in [1.54, 1.807) is 31.5 Å². The van der Waals surface area contributed by atoms with E-state index in [2.05, 4.69) is 25.1 Å². The standard InChI is InChI=1S/C17H20N6O4S/c1-12(24)9-19-28(25,26)16-7-3-13(4-8-16)17-20-22-23(21-17)11-14-5-6-15(27-2)10-18-14/h3-8,10,12,19,24H,9,11H2,1-2H3. The monoisotopic (exact) mass is 404 g/mol. The van der Waals surface area contributed by atoms with E-state index in [4.69, 9.17) is 4.74 Å². The Hall–Kier alpha value is -2.89. The number of aliphatic hydroxyl groups is 1. The summed E-state index contributed by atoms with van der Waals surface area (Å²) in [6, 6.07) is 9.71. The highest BCUT2D eigenvalue weighted by molar-refractivity contribution is 7.89. The van der Waals surface area contributed by atoms with Crippen LogP contribution in [-0.4, -0.2) is 58.5 Å². The summed E-state index contributed by atoms with van der Waals surface area (Å²) in [5, 5.41) is 21.5. The predicted molar refractivity (Wildman–Crippen MR) is 100 cm³/mol. The molecule has 1 unspecified atom stereocenters. The predicted octanol–water partition coefficient (Wildman–Crippen LogP) is 0.451. The van der Waals surface area contributed by atoms with E-state index in [9.17, 15) is 13.5 Å². The van der Waals surface area contributed by atoms with E-state index in [-0.39, 0.29) is 11.4 Å². The first-order chi connectivity index (χ1) is 13.4. The number of hydrogen-bond acceptors (Lipinski definition) is 8. The van der Waals surface area contributed by atoms with Crippen LogP contribution in [0.15, 0.2) is 47.5 Å². The quantitative estimate of drug-likeness (QED) is 0.553. The fourth-order valence-corrected chi connectivity index (χ4v) is 3.41. The van der Waals surface area contributed by atoms with E-state index < -0.39 is 16.1 Å². The molecule has 0 spiro atoms. The lowest BCUT2D eigenvalue weighted by atomic mass is 10.2. The van der Waals surface area contributed by atoms with Gasteiger partial charge < -0.3 is 9.84 Å². The van der Waals surface area contributed by atoms with Gasteiger partial charge in [-0.05, 0) is 48.5 Å². The molecule has 3 rings (SSSR count). The van der Waals surface area contributed by atoms with Gasteiger partial charge in [0.25, 0.3) is 0 Å². The fraction of sp³-hybridized carbons (Fsp3) is 0.294. The van der Waals surface area contributed by atoms with Crippen LogP contribution in [0.4, 0.5) is 0 Å². The lowest BCUT2D eigenvalue weighted by Gasteiger charge is -2.08. The van der Waals surface area contributed by atoms with Crippen LogP contribution in [-0.2, 0) is 16.6 Å². The lowest BCUT2D eigenvalue weighted by Crippen LogP contribution is -2.30. The van der Waals surface area contributed by atoms with Crippen LogP contribution in [0.5, 0.6) is 5.75 Å². The minimum Gasteiger partial charge on any atom is -0.495 e. The molecule has 0 aliphatic carbocycles. The number of nitrogens with one attached hydrogen (secondary N) is 1. The summed E-state index contributed by atoms with van der Waals surface area (Å²) in [6.45, 7) is 1.79. The van der Waals surface area contributed by atoms with Crippen molar-refractivity contribution < 1.29 is 18.3 Å². The van der Waals surface area contributed by atoms with Crippen LogP contribution in [0.2, 0.25) is 0 Å². The molecule has 2 N–H and O–H groups in total. The maximum atomic E-state index is 12.2. The Labute approximate surface area is 162 Å². The highest BCUT2D eigenvalue weighted by Crippen LogP contribution is 2.17. The van der Waals surface area contributed by atoms with Crippen LogP contribution in [0.25, 0.3) is 11.4 Å². The van der Waals surface area contributed by atoms with Crippen molar-refractivity contribution in [2.75, 3.05) is 13.7 Å². The number of aliphatic hydroxyl groups excluding tert-OH is 1. The summed E-state index contributed by atoms with van der Waals surface area (Å²) in [4.78, 5) is 5.74. The zero-order valence-electron chi connectivity index (χ0n) is 15.3. The molecule has 10 nitrogen and oxygen atoms in total. The molecule has 0 radical (unpaired) electrons. The first-order valence-electron chi connectivity index (χ1n) is 8.42. The number of sulfonamides is 1. The second-order valence-electron chi connectivity index (χ2n) is 6.06. The number of ether oxygens (including phenoxy) is 1. The van der Waals surface area contributed by atoms with Crippen LogP contribution < -0.4 is 9.46 Å². The minimum absolute atomic E-state index is 0.0562. The van der Waals surface area contributed by atoms with Gasteiger partial charge in [0.1, 0.15) is 12.3 Å². The Morgan fingerprint density at radius 3 is 2.57 bits per heavy atom. The smallest absolute Gasteiger partial charge is 0.240 e. The molecule has 28 heavy (non-hydrogen) atoms. The summed E-state index contributed by atoms with van der Waals surface area (Å²) >= 11 is 0. The normalized spacial score (nSPS) is 12.7. The van der Waals surface area contributed by atoms with Crippen LogP contribution in [0.3, 0.4) is 0 Å². The van der Waals surface area contributed by atoms with Crippen LogP contribution in [0, 0.1) is 0 Å². The lowest BCUT2D eigenvalue weighted by molar-refractivity contribution is 0.198. The number of tetrazole rings is 1. The Kier molecular flexibility index (Phi) is 5.97. The largest absolute Gasteiger partial charge is 0.495 e. The van der Waals surface area contributed by atoms with Crippen molar-refractivity contribution in [1.82, 2.24) is 29.9 Å². The molecular weight excluding hydrogens is 384 g/mol. The maximum absolute atomic E-state index is 12.2. The van der Waals surface area contributed by atoms with Gasteiger partial charge in [0.05, 0.1) is 30.0 Å². The SMILES string of the molecule is COc1ccc(Cn2nnc(-c3ccc(S(=O)(=O)NCC(C)O)cc3)n2)nc1. The topological polar surface area (TPSA) is 132 Å². The summed E-state index contributed by atoms with van der Waals surface area (Å²) in [5.41, 5.74) is 1.37. The Balaban J connectivity index is 1.70. The molecule has 11 heteroatoms. The molecule has 0 amide bonds. The molecule has 0 aliphatic rings. The molecule has 0 saturated carbocycles. The highest BCUT2D eigenvalue weighted by Gasteiger charge is 2.15. The highest BCUT2D eigenvalue weighted by atomic mass is 32.2. The summed E-state index contributed by atoms with van der Waals surface area (Å²) < 4.78 is 31.7. The molecule has 3 aromatic rings. The van der Waals surface area contributed by atoms with Crippen molar-refractivity contribution in [3.8, 4) is 17.1 Å². The van der Waals surface area contributed by atoms with E-state index in [0.29, 0.717) is 23.7 Å². The summed E-state index contributed by atoms with van der Waals surface area (Å²) in [5.74, 6) is 1.03. The first-order valence-corrected chi connectivity index (χ1v) is 9.90. The van der Waals surface area contributed by atoms with Gasteiger partial charge in [0.2, 0.25) is 15.8 Å². The van der Waals surface area contributed by atoms with Crippen molar-refractivity contribution in [3.63, 3.8) is 0 Å². The van der Waals surface area contributed by atoms with Crippen LogP contribution >= 0.6 is 0 Å². The van der Waals surface area contributed by atoms with Gasteiger partial charge in [-0.15, -0.1) is 10.2 Å². The number of methoxy groups -OCH3 is 1. The summed E-state index contributed by atoms with van der Waals surface area (Å²) in [7, 11) is -2.11. The third-order valence-corrected chi connectivity index (χ3v) is 5.22. The maximum Gasteiger partial charge on any atom is 0.240 e. The van der Waals surface area contributed by atoms with Crippen molar-refractivity contribution in [1.29, 1.82) is 0 Å². The third kappa shape index (κ3) is 4.88. The number of aromatic nitrogens is 5. The summed E-state index contributed by atoms with van der Waals surface area (Å²) in [6.07, 6.45) is 0.839. The molecule has 2 aromatic heterocycles. The zero-order chi connectivity index (χ0) is 20.1. The third-order valence-electron chi connectivity index (χ3n) is 3.78. The van der Waals surface area contributed by atoms with Gasteiger partial charge in [-0.25, -0.2) is 13.1 Å². The Morgan fingerprint density at radius 1 is 1.21 bits per heavy atom. The number of benzene rings is 1. The second kappa shape index (κ2) is 8.42. The van der Waals surface area contributed by atoms with Gasteiger partial charge >= 0.3 is 0 Å². The minimum atomic E-state index is -3.69. The van der Waals surface area contributed by atoms with Crippen molar-refractivity contribution in [3.05, 3.63) is 48.3 Å². The zero-order valence-corrected chi connectivity index (χ0v) is 16.2. The van der Waals surface area contributed by atoms with Gasteiger partial charge in [-0.1, -0.05) is 0 Å².